The minimum atomic E-state index is 0.915. The lowest BCUT2D eigenvalue weighted by Gasteiger charge is -2.19. The molecule has 3 nitrogen and oxygen atoms in total. The van der Waals surface area contributed by atoms with Gasteiger partial charge in [0.1, 0.15) is 5.75 Å². The third-order valence-electron chi connectivity index (χ3n) is 3.11. The van der Waals surface area contributed by atoms with Crippen molar-refractivity contribution in [2.24, 2.45) is 0 Å². The molecule has 0 atom stereocenters. The van der Waals surface area contributed by atoms with Crippen molar-refractivity contribution in [2.45, 2.75) is 26.2 Å². The first-order valence-corrected chi connectivity index (χ1v) is 6.84. The average Bonchev–Trinajstić information content (AvgIpc) is 2.42. The van der Waals surface area contributed by atoms with E-state index in [1.165, 1.54) is 24.9 Å². The maximum Gasteiger partial charge on any atom is 0.119 e. The van der Waals surface area contributed by atoms with Crippen LogP contribution in [0.3, 0.4) is 0 Å². The molecule has 0 bridgehead atoms. The molecule has 1 aromatic rings. The number of hydrogen-bond donors (Lipinski definition) is 1. The van der Waals surface area contributed by atoms with E-state index in [2.05, 4.69) is 36.3 Å². The van der Waals surface area contributed by atoms with Gasteiger partial charge in [0.15, 0.2) is 0 Å². The van der Waals surface area contributed by atoms with Crippen LogP contribution in [0.2, 0.25) is 0 Å². The normalized spacial score (nSPS) is 10.4. The predicted octanol–water partition coefficient (Wildman–Crippen LogP) is 2.91. The molecule has 0 amide bonds. The van der Waals surface area contributed by atoms with Crippen molar-refractivity contribution in [3.8, 4) is 5.75 Å². The number of nitrogens with one attached hydrogen (secondary N) is 1. The summed E-state index contributed by atoms with van der Waals surface area (Å²) >= 11 is 0. The van der Waals surface area contributed by atoms with Crippen molar-refractivity contribution in [2.75, 3.05) is 38.7 Å². The molecule has 0 saturated heterocycles. The van der Waals surface area contributed by atoms with E-state index in [1.807, 2.05) is 12.1 Å². The highest BCUT2D eigenvalue weighted by molar-refractivity contribution is 5.48. The molecular formula is C15H26N2O. The molecule has 0 aliphatic rings. The first kappa shape index (κ1) is 14.8. The average molecular weight is 250 g/mol. The van der Waals surface area contributed by atoms with E-state index in [4.69, 9.17) is 4.74 Å². The highest BCUT2D eigenvalue weighted by atomic mass is 16.5. The summed E-state index contributed by atoms with van der Waals surface area (Å²) in [5.74, 6) is 0.915. The summed E-state index contributed by atoms with van der Waals surface area (Å²) in [6, 6.07) is 8.24. The molecule has 1 aromatic carbocycles. The standard InChI is InChI=1S/C15H26N2O/c1-4-16-12-6-5-7-13-17(2)14-8-10-15(18-3)11-9-14/h8-11,16H,4-7,12-13H2,1-3H3. The van der Waals surface area contributed by atoms with E-state index in [1.54, 1.807) is 7.11 Å². The summed E-state index contributed by atoms with van der Waals surface area (Å²) in [6.07, 6.45) is 3.80. The SMILES string of the molecule is CCNCCCCCN(C)c1ccc(OC)cc1. The highest BCUT2D eigenvalue weighted by Gasteiger charge is 2.00. The summed E-state index contributed by atoms with van der Waals surface area (Å²) in [5.41, 5.74) is 1.25. The van der Waals surface area contributed by atoms with E-state index in [-0.39, 0.29) is 0 Å². The Balaban J connectivity index is 2.21. The van der Waals surface area contributed by atoms with Crippen LogP contribution in [0.4, 0.5) is 5.69 Å². The Morgan fingerprint density at radius 2 is 1.83 bits per heavy atom. The molecule has 0 aromatic heterocycles. The molecule has 0 unspecified atom stereocenters. The number of ether oxygens (including phenoxy) is 1. The van der Waals surface area contributed by atoms with Crippen LogP contribution in [-0.4, -0.2) is 33.8 Å². The van der Waals surface area contributed by atoms with Gasteiger partial charge < -0.3 is 15.0 Å². The molecule has 0 aliphatic carbocycles. The van der Waals surface area contributed by atoms with Crippen molar-refractivity contribution in [3.63, 3.8) is 0 Å². The first-order valence-electron chi connectivity index (χ1n) is 6.84. The molecule has 0 heterocycles. The highest BCUT2D eigenvalue weighted by Crippen LogP contribution is 2.18. The Hall–Kier alpha value is -1.22. The van der Waals surface area contributed by atoms with Crippen molar-refractivity contribution in [1.82, 2.24) is 5.32 Å². The maximum atomic E-state index is 5.16. The maximum absolute atomic E-state index is 5.16. The lowest BCUT2D eigenvalue weighted by atomic mass is 10.2. The van der Waals surface area contributed by atoms with Crippen LogP contribution in [0.1, 0.15) is 26.2 Å². The van der Waals surface area contributed by atoms with E-state index in [0.717, 1.165) is 25.4 Å². The minimum Gasteiger partial charge on any atom is -0.497 e. The van der Waals surface area contributed by atoms with Gasteiger partial charge in [-0.1, -0.05) is 13.3 Å². The minimum absolute atomic E-state index is 0.915. The fraction of sp³-hybridized carbons (Fsp3) is 0.600. The molecule has 0 saturated carbocycles. The summed E-state index contributed by atoms with van der Waals surface area (Å²) in [6.45, 7) is 5.48. The summed E-state index contributed by atoms with van der Waals surface area (Å²) < 4.78 is 5.16. The van der Waals surface area contributed by atoms with Gasteiger partial charge in [0.2, 0.25) is 0 Å². The third-order valence-corrected chi connectivity index (χ3v) is 3.11. The molecule has 102 valence electrons. The second-order valence-corrected chi connectivity index (χ2v) is 4.53. The van der Waals surface area contributed by atoms with Gasteiger partial charge in [-0.25, -0.2) is 0 Å². The molecule has 1 rings (SSSR count). The van der Waals surface area contributed by atoms with Gasteiger partial charge in [-0.05, 0) is 50.2 Å². The Labute approximate surface area is 111 Å². The van der Waals surface area contributed by atoms with Gasteiger partial charge in [0.25, 0.3) is 0 Å². The van der Waals surface area contributed by atoms with Crippen LogP contribution in [0.15, 0.2) is 24.3 Å². The lowest BCUT2D eigenvalue weighted by molar-refractivity contribution is 0.415. The largest absolute Gasteiger partial charge is 0.497 e. The van der Waals surface area contributed by atoms with E-state index >= 15 is 0 Å². The van der Waals surface area contributed by atoms with E-state index < -0.39 is 0 Å². The van der Waals surface area contributed by atoms with Crippen LogP contribution in [0.5, 0.6) is 5.75 Å². The summed E-state index contributed by atoms with van der Waals surface area (Å²) in [7, 11) is 3.84. The Kier molecular flexibility index (Phi) is 7.26. The second kappa shape index (κ2) is 8.81. The molecule has 0 aliphatic heterocycles. The second-order valence-electron chi connectivity index (χ2n) is 4.53. The third kappa shape index (κ3) is 5.41. The number of benzene rings is 1. The molecule has 18 heavy (non-hydrogen) atoms. The van der Waals surface area contributed by atoms with Crippen LogP contribution in [0, 0.1) is 0 Å². The van der Waals surface area contributed by atoms with Crippen LogP contribution in [0.25, 0.3) is 0 Å². The van der Waals surface area contributed by atoms with Crippen LogP contribution >= 0.6 is 0 Å². The van der Waals surface area contributed by atoms with E-state index in [9.17, 15) is 0 Å². The number of hydrogen-bond acceptors (Lipinski definition) is 3. The van der Waals surface area contributed by atoms with Crippen molar-refractivity contribution >= 4 is 5.69 Å². The number of methoxy groups -OCH3 is 1. The van der Waals surface area contributed by atoms with Crippen molar-refractivity contribution < 1.29 is 4.74 Å². The number of anilines is 1. The predicted molar refractivity (Wildman–Crippen MR) is 78.7 cm³/mol. The summed E-state index contributed by atoms with van der Waals surface area (Å²) in [4.78, 5) is 2.30. The van der Waals surface area contributed by atoms with E-state index in [0.29, 0.717) is 0 Å². The van der Waals surface area contributed by atoms with Gasteiger partial charge in [-0.15, -0.1) is 0 Å². The smallest absolute Gasteiger partial charge is 0.119 e. The zero-order valence-corrected chi connectivity index (χ0v) is 11.9. The van der Waals surface area contributed by atoms with Crippen LogP contribution < -0.4 is 15.0 Å². The number of nitrogens with zero attached hydrogens (tertiary/aromatic N) is 1. The zero-order chi connectivity index (χ0) is 13.2. The number of rotatable bonds is 9. The molecule has 3 heteroatoms. The lowest BCUT2D eigenvalue weighted by Crippen LogP contribution is -2.19. The molecule has 0 fully saturated rings. The fourth-order valence-electron chi connectivity index (χ4n) is 1.92. The molecular weight excluding hydrogens is 224 g/mol. The van der Waals surface area contributed by atoms with Crippen LogP contribution in [-0.2, 0) is 0 Å². The molecule has 0 spiro atoms. The van der Waals surface area contributed by atoms with Gasteiger partial charge >= 0.3 is 0 Å². The Morgan fingerprint density at radius 3 is 2.44 bits per heavy atom. The quantitative estimate of drug-likeness (QED) is 0.682. The fourth-order valence-corrected chi connectivity index (χ4v) is 1.92. The molecule has 1 N–H and O–H groups in total. The van der Waals surface area contributed by atoms with Crippen molar-refractivity contribution in [3.05, 3.63) is 24.3 Å². The zero-order valence-electron chi connectivity index (χ0n) is 11.9. The topological polar surface area (TPSA) is 24.5 Å². The van der Waals surface area contributed by atoms with Gasteiger partial charge in [-0.3, -0.25) is 0 Å². The Bertz CT molecular complexity index is 311. The number of unbranched alkanes of at least 4 members (excludes halogenated alkanes) is 2. The first-order chi connectivity index (χ1) is 8.77. The molecule has 0 radical (unpaired) electrons. The van der Waals surface area contributed by atoms with Gasteiger partial charge in [0, 0.05) is 19.3 Å². The Morgan fingerprint density at radius 1 is 1.11 bits per heavy atom. The van der Waals surface area contributed by atoms with Gasteiger partial charge in [0.05, 0.1) is 7.11 Å². The van der Waals surface area contributed by atoms with Crippen molar-refractivity contribution in [1.29, 1.82) is 0 Å². The van der Waals surface area contributed by atoms with Gasteiger partial charge in [-0.2, -0.15) is 0 Å². The monoisotopic (exact) mass is 250 g/mol. The summed E-state index contributed by atoms with van der Waals surface area (Å²) in [5, 5.41) is 3.35.